The zero-order valence-electron chi connectivity index (χ0n) is 34.3. The number of benzene rings is 4. The van der Waals surface area contributed by atoms with Crippen LogP contribution in [0.1, 0.15) is 29.2 Å². The number of aliphatic hydroxyl groups is 1. The van der Waals surface area contributed by atoms with Crippen molar-refractivity contribution in [3.63, 3.8) is 0 Å². The van der Waals surface area contributed by atoms with Crippen molar-refractivity contribution in [3.8, 4) is 0 Å². The lowest BCUT2D eigenvalue weighted by Gasteiger charge is -2.39. The molecule has 2 fully saturated rings. The Kier molecular flexibility index (Phi) is 14.6. The molecule has 2 saturated heterocycles. The van der Waals surface area contributed by atoms with E-state index in [1.54, 1.807) is 30.0 Å². The van der Waals surface area contributed by atoms with Crippen molar-refractivity contribution in [2.45, 2.75) is 37.4 Å². The van der Waals surface area contributed by atoms with Crippen LogP contribution in [-0.2, 0) is 43.7 Å². The standard InChI is InChI=1S/C46H56N6O6S/c1-36(54)49-27-29-50(30-28-49)42-18-11-40(12-19-42)35-52(45(55)22-15-37-13-20-43(21-14-37)59(3,57)58)44(33-38-7-5-4-6-8-38)46(56)51-25-23-48(24-26-51)34-39-9-16-41(17-10-39)47(2)31-32-53/h4-22,44,53H,23-35H2,1-3H3/t44-/m0/s1. The average molecular weight is 821 g/mol. The second kappa shape index (κ2) is 20.0. The first kappa shape index (κ1) is 43.1. The van der Waals surface area contributed by atoms with E-state index in [1.807, 2.05) is 76.3 Å². The van der Waals surface area contributed by atoms with Crippen LogP contribution in [-0.4, -0.2) is 136 Å². The summed E-state index contributed by atoms with van der Waals surface area (Å²) in [6, 6.07) is 31.8. The topological polar surface area (TPSA) is 125 Å². The van der Waals surface area contributed by atoms with Crippen molar-refractivity contribution in [1.29, 1.82) is 0 Å². The summed E-state index contributed by atoms with van der Waals surface area (Å²) in [6.07, 6.45) is 4.61. The smallest absolute Gasteiger partial charge is 0.247 e. The molecule has 0 aromatic heterocycles. The van der Waals surface area contributed by atoms with Crippen molar-refractivity contribution >= 4 is 45.0 Å². The Balaban J connectivity index is 1.22. The van der Waals surface area contributed by atoms with Crippen LogP contribution in [0.5, 0.6) is 0 Å². The normalized spacial score (nSPS) is 15.6. The number of sulfone groups is 1. The molecule has 2 heterocycles. The number of carbonyl (C=O) groups is 3. The second-order valence-electron chi connectivity index (χ2n) is 15.4. The van der Waals surface area contributed by atoms with Crippen molar-refractivity contribution in [3.05, 3.63) is 131 Å². The molecule has 3 amide bonds. The summed E-state index contributed by atoms with van der Waals surface area (Å²) in [4.78, 5) is 53.3. The van der Waals surface area contributed by atoms with E-state index in [0.29, 0.717) is 57.8 Å². The second-order valence-corrected chi connectivity index (χ2v) is 17.4. The fraction of sp³-hybridized carbons (Fsp3) is 0.370. The van der Waals surface area contributed by atoms with Crippen LogP contribution in [0.3, 0.4) is 0 Å². The summed E-state index contributed by atoms with van der Waals surface area (Å²) in [5.74, 6) is -0.358. The van der Waals surface area contributed by atoms with Gasteiger partial charge in [0.25, 0.3) is 0 Å². The van der Waals surface area contributed by atoms with E-state index in [4.69, 9.17) is 0 Å². The fourth-order valence-electron chi connectivity index (χ4n) is 7.62. The van der Waals surface area contributed by atoms with Crippen molar-refractivity contribution in [2.24, 2.45) is 0 Å². The minimum Gasteiger partial charge on any atom is -0.395 e. The number of carbonyl (C=O) groups excluding carboxylic acids is 3. The van der Waals surface area contributed by atoms with Crippen LogP contribution in [0.2, 0.25) is 0 Å². The van der Waals surface area contributed by atoms with Crippen LogP contribution < -0.4 is 9.80 Å². The molecule has 12 nitrogen and oxygen atoms in total. The van der Waals surface area contributed by atoms with Crippen LogP contribution in [0.25, 0.3) is 6.08 Å². The number of rotatable bonds is 15. The zero-order valence-corrected chi connectivity index (χ0v) is 35.1. The first-order valence-electron chi connectivity index (χ1n) is 20.2. The largest absolute Gasteiger partial charge is 0.395 e. The van der Waals surface area contributed by atoms with Crippen LogP contribution >= 0.6 is 0 Å². The maximum Gasteiger partial charge on any atom is 0.247 e. The van der Waals surface area contributed by atoms with E-state index in [0.717, 1.165) is 48.4 Å². The Morgan fingerprint density at radius 2 is 1.36 bits per heavy atom. The predicted octanol–water partition coefficient (Wildman–Crippen LogP) is 4.18. The highest BCUT2D eigenvalue weighted by molar-refractivity contribution is 7.90. The molecule has 312 valence electrons. The molecule has 0 bridgehead atoms. The van der Waals surface area contributed by atoms with Gasteiger partial charge in [0.1, 0.15) is 6.04 Å². The molecule has 1 N–H and O–H groups in total. The van der Waals surface area contributed by atoms with Gasteiger partial charge in [-0.2, -0.15) is 0 Å². The lowest BCUT2D eigenvalue weighted by molar-refractivity contribution is -0.145. The number of aliphatic hydroxyl groups excluding tert-OH is 1. The van der Waals surface area contributed by atoms with E-state index in [1.165, 1.54) is 23.8 Å². The number of likely N-dealkylation sites (N-methyl/N-ethyl adjacent to an activating group) is 1. The van der Waals surface area contributed by atoms with Gasteiger partial charge in [0, 0.05) is 116 Å². The van der Waals surface area contributed by atoms with E-state index < -0.39 is 15.9 Å². The van der Waals surface area contributed by atoms with Crippen molar-refractivity contribution < 1.29 is 27.9 Å². The van der Waals surface area contributed by atoms with Crippen LogP contribution in [0.4, 0.5) is 11.4 Å². The summed E-state index contributed by atoms with van der Waals surface area (Å²) in [7, 11) is -1.42. The maximum absolute atomic E-state index is 14.8. The Hall–Kier alpha value is -5.50. The molecule has 1 atom stereocenters. The molecular formula is C46H56N6O6S. The molecular weight excluding hydrogens is 765 g/mol. The number of anilines is 2. The van der Waals surface area contributed by atoms with E-state index >= 15 is 0 Å². The van der Waals surface area contributed by atoms with Crippen molar-refractivity contribution in [1.82, 2.24) is 19.6 Å². The Morgan fingerprint density at radius 1 is 0.746 bits per heavy atom. The number of nitrogens with zero attached hydrogens (tertiary/aromatic N) is 6. The molecule has 0 unspecified atom stereocenters. The maximum atomic E-state index is 14.8. The highest BCUT2D eigenvalue weighted by atomic mass is 32.2. The van der Waals surface area contributed by atoms with E-state index in [9.17, 15) is 27.9 Å². The lowest BCUT2D eigenvalue weighted by Crippen LogP contribution is -2.56. The first-order chi connectivity index (χ1) is 28.4. The molecule has 4 aromatic carbocycles. The number of hydrogen-bond acceptors (Lipinski definition) is 9. The van der Waals surface area contributed by atoms with Gasteiger partial charge >= 0.3 is 0 Å². The van der Waals surface area contributed by atoms with Gasteiger partial charge in [-0.1, -0.05) is 66.7 Å². The molecule has 0 saturated carbocycles. The van der Waals surface area contributed by atoms with Gasteiger partial charge in [-0.15, -0.1) is 0 Å². The molecule has 0 radical (unpaired) electrons. The third-order valence-electron chi connectivity index (χ3n) is 11.2. The van der Waals surface area contributed by atoms with E-state index in [-0.39, 0.29) is 35.8 Å². The van der Waals surface area contributed by atoms with Gasteiger partial charge in [-0.25, -0.2) is 8.42 Å². The Bertz CT molecular complexity index is 2150. The summed E-state index contributed by atoms with van der Waals surface area (Å²) in [5, 5.41) is 9.30. The minimum atomic E-state index is -3.37. The quantitative estimate of drug-likeness (QED) is 0.176. The predicted molar refractivity (Wildman–Crippen MR) is 233 cm³/mol. The highest BCUT2D eigenvalue weighted by Gasteiger charge is 2.34. The van der Waals surface area contributed by atoms with Gasteiger partial charge in [0.2, 0.25) is 17.7 Å². The Labute approximate surface area is 348 Å². The Morgan fingerprint density at radius 3 is 1.95 bits per heavy atom. The molecule has 6 rings (SSSR count). The monoisotopic (exact) mass is 820 g/mol. The minimum absolute atomic E-state index is 0.0801. The van der Waals surface area contributed by atoms with Crippen molar-refractivity contribution in [2.75, 3.05) is 88.6 Å². The molecule has 13 heteroatoms. The molecule has 2 aliphatic rings. The summed E-state index contributed by atoms with van der Waals surface area (Å²) < 4.78 is 24.1. The highest BCUT2D eigenvalue weighted by Crippen LogP contribution is 2.23. The lowest BCUT2D eigenvalue weighted by atomic mass is 10.0. The van der Waals surface area contributed by atoms with Crippen LogP contribution in [0, 0.1) is 0 Å². The number of hydrogen-bond donors (Lipinski definition) is 1. The first-order valence-corrected chi connectivity index (χ1v) is 22.1. The summed E-state index contributed by atoms with van der Waals surface area (Å²) in [5.41, 5.74) is 5.73. The average Bonchev–Trinajstić information content (AvgIpc) is 3.25. The number of amides is 3. The van der Waals surface area contributed by atoms with Gasteiger partial charge in [-0.05, 0) is 64.7 Å². The molecule has 0 aliphatic carbocycles. The van der Waals surface area contributed by atoms with Gasteiger partial charge < -0.3 is 29.6 Å². The van der Waals surface area contributed by atoms with Gasteiger partial charge in [0.05, 0.1) is 11.5 Å². The van der Waals surface area contributed by atoms with Gasteiger partial charge in [0.15, 0.2) is 9.84 Å². The summed E-state index contributed by atoms with van der Waals surface area (Å²) >= 11 is 0. The van der Waals surface area contributed by atoms with Gasteiger partial charge in [-0.3, -0.25) is 19.3 Å². The molecule has 4 aromatic rings. The molecule has 2 aliphatic heterocycles. The third kappa shape index (κ3) is 11.8. The SMILES string of the molecule is CC(=O)N1CCN(c2ccc(CN(C(=O)C=Cc3ccc(S(C)(=O)=O)cc3)[C@@H](Cc3ccccc3)C(=O)N3CCN(Cc4ccc(N(C)CCO)cc4)CC3)cc2)CC1. The summed E-state index contributed by atoms with van der Waals surface area (Å²) in [6.45, 7) is 8.42. The molecule has 59 heavy (non-hydrogen) atoms. The fourth-order valence-corrected chi connectivity index (χ4v) is 8.25. The third-order valence-corrected chi connectivity index (χ3v) is 12.4. The zero-order chi connectivity index (χ0) is 41.9. The van der Waals surface area contributed by atoms with Crippen LogP contribution in [0.15, 0.2) is 114 Å². The molecule has 0 spiro atoms. The van der Waals surface area contributed by atoms with E-state index in [2.05, 4.69) is 34.1 Å². The number of piperazine rings is 2.